The van der Waals surface area contributed by atoms with Crippen molar-refractivity contribution in [3.05, 3.63) is 59.2 Å². The first-order valence-corrected chi connectivity index (χ1v) is 8.27. The normalized spacial score (nSPS) is 12.0. The second kappa shape index (κ2) is 8.59. The molecule has 23 heavy (non-hydrogen) atoms. The highest BCUT2D eigenvalue weighted by Crippen LogP contribution is 2.24. The molecule has 0 heterocycles. The smallest absolute Gasteiger partial charge is 0.119 e. The van der Waals surface area contributed by atoms with E-state index in [4.69, 9.17) is 15.2 Å². The van der Waals surface area contributed by atoms with Crippen LogP contribution in [0.15, 0.2) is 42.5 Å². The predicted octanol–water partition coefficient (Wildman–Crippen LogP) is 4.21. The summed E-state index contributed by atoms with van der Waals surface area (Å²) in [5.41, 5.74) is 9.89. The molecule has 1 unspecified atom stereocenters. The van der Waals surface area contributed by atoms with Gasteiger partial charge >= 0.3 is 0 Å². The molecule has 0 fully saturated rings. The van der Waals surface area contributed by atoms with Crippen molar-refractivity contribution in [2.45, 2.75) is 33.1 Å². The maximum absolute atomic E-state index is 5.98. The van der Waals surface area contributed by atoms with Gasteiger partial charge in [-0.1, -0.05) is 23.8 Å². The molecule has 2 N–H and O–H groups in total. The Bertz CT molecular complexity index is 608. The molecule has 2 rings (SSSR count). The van der Waals surface area contributed by atoms with Gasteiger partial charge in [-0.25, -0.2) is 0 Å². The Morgan fingerprint density at radius 3 is 2.22 bits per heavy atom. The average Bonchev–Trinajstić information content (AvgIpc) is 2.56. The van der Waals surface area contributed by atoms with Gasteiger partial charge in [0.1, 0.15) is 11.5 Å². The first kappa shape index (κ1) is 17.4. The third kappa shape index (κ3) is 5.00. The van der Waals surface area contributed by atoms with Crippen LogP contribution >= 0.6 is 0 Å². The second-order valence-electron chi connectivity index (χ2n) is 5.83. The van der Waals surface area contributed by atoms with E-state index in [9.17, 15) is 0 Å². The Morgan fingerprint density at radius 1 is 0.957 bits per heavy atom. The molecule has 0 aliphatic carbocycles. The lowest BCUT2D eigenvalue weighted by atomic mass is 9.91. The van der Waals surface area contributed by atoms with E-state index in [1.165, 1.54) is 16.7 Å². The van der Waals surface area contributed by atoms with Crippen LogP contribution in [0.1, 0.15) is 36.0 Å². The van der Waals surface area contributed by atoms with Crippen LogP contribution in [0.25, 0.3) is 0 Å². The lowest BCUT2D eigenvalue weighted by Crippen LogP contribution is -2.16. The summed E-state index contributed by atoms with van der Waals surface area (Å²) in [5.74, 6) is 2.07. The summed E-state index contributed by atoms with van der Waals surface area (Å²) in [6.07, 6.45) is 0.911. The topological polar surface area (TPSA) is 44.5 Å². The molecule has 0 aliphatic heterocycles. The van der Waals surface area contributed by atoms with Crippen molar-refractivity contribution < 1.29 is 9.47 Å². The Morgan fingerprint density at radius 2 is 1.61 bits per heavy atom. The van der Waals surface area contributed by atoms with E-state index in [-0.39, 0.29) is 0 Å². The fraction of sp³-hybridized carbons (Fsp3) is 0.400. The lowest BCUT2D eigenvalue weighted by Gasteiger charge is -2.18. The summed E-state index contributed by atoms with van der Waals surface area (Å²) in [6.45, 7) is 8.21. The fourth-order valence-electron chi connectivity index (χ4n) is 2.72. The van der Waals surface area contributed by atoms with Crippen LogP contribution in [0.2, 0.25) is 0 Å². The monoisotopic (exact) mass is 313 g/mol. The summed E-state index contributed by atoms with van der Waals surface area (Å²) >= 11 is 0. The van der Waals surface area contributed by atoms with Crippen molar-refractivity contribution in [2.24, 2.45) is 5.73 Å². The van der Waals surface area contributed by atoms with Crippen LogP contribution < -0.4 is 15.2 Å². The summed E-state index contributed by atoms with van der Waals surface area (Å²) in [5, 5.41) is 0. The Kier molecular flexibility index (Phi) is 6.48. The van der Waals surface area contributed by atoms with Gasteiger partial charge in [0.15, 0.2) is 0 Å². The third-order valence-electron chi connectivity index (χ3n) is 4.03. The van der Waals surface area contributed by atoms with Crippen LogP contribution in [0, 0.1) is 13.8 Å². The molecule has 0 bridgehead atoms. The van der Waals surface area contributed by atoms with Gasteiger partial charge in [-0.2, -0.15) is 0 Å². The van der Waals surface area contributed by atoms with Gasteiger partial charge in [0.2, 0.25) is 0 Å². The van der Waals surface area contributed by atoms with Crippen molar-refractivity contribution in [1.29, 1.82) is 0 Å². The second-order valence-corrected chi connectivity index (χ2v) is 5.83. The number of aryl methyl sites for hydroxylation is 2. The van der Waals surface area contributed by atoms with E-state index in [1.54, 1.807) is 0 Å². The molecule has 3 nitrogen and oxygen atoms in total. The van der Waals surface area contributed by atoms with Gasteiger partial charge in [-0.3, -0.25) is 0 Å². The summed E-state index contributed by atoms with van der Waals surface area (Å²) in [6, 6.07) is 14.3. The molecule has 3 heteroatoms. The highest BCUT2D eigenvalue weighted by molar-refractivity contribution is 5.34. The Hall–Kier alpha value is -2.00. The molecule has 0 spiro atoms. The summed E-state index contributed by atoms with van der Waals surface area (Å²) in [4.78, 5) is 0. The number of hydrogen-bond donors (Lipinski definition) is 1. The standard InChI is InChI=1S/C20H27NO2/c1-4-22-18-7-9-19(10-8-18)23-12-11-17(14-21)20-13-15(2)5-6-16(20)3/h5-10,13,17H,4,11-12,14,21H2,1-3H3. The molecule has 2 aromatic rings. The van der Waals surface area contributed by atoms with Crippen LogP contribution in [-0.4, -0.2) is 19.8 Å². The van der Waals surface area contributed by atoms with Gasteiger partial charge in [-0.05, 0) is 75.0 Å². The first-order chi connectivity index (χ1) is 11.1. The molecule has 124 valence electrons. The molecular weight excluding hydrogens is 286 g/mol. The van der Waals surface area contributed by atoms with Crippen LogP contribution in [0.5, 0.6) is 11.5 Å². The summed E-state index contributed by atoms with van der Waals surface area (Å²) in [7, 11) is 0. The zero-order valence-electron chi connectivity index (χ0n) is 14.3. The van der Waals surface area contributed by atoms with Gasteiger partial charge in [0.25, 0.3) is 0 Å². The lowest BCUT2D eigenvalue weighted by molar-refractivity contribution is 0.296. The Labute approximate surface area is 139 Å². The SMILES string of the molecule is CCOc1ccc(OCCC(CN)c2cc(C)ccc2C)cc1. The molecule has 0 saturated carbocycles. The maximum atomic E-state index is 5.98. The molecule has 0 aliphatic rings. The van der Waals surface area contributed by atoms with Crippen molar-refractivity contribution in [3.63, 3.8) is 0 Å². The molecule has 1 atom stereocenters. The van der Waals surface area contributed by atoms with Crippen molar-refractivity contribution >= 4 is 0 Å². The quantitative estimate of drug-likeness (QED) is 0.794. The first-order valence-electron chi connectivity index (χ1n) is 8.27. The van der Waals surface area contributed by atoms with Crippen molar-refractivity contribution in [2.75, 3.05) is 19.8 Å². The van der Waals surface area contributed by atoms with Gasteiger partial charge < -0.3 is 15.2 Å². The number of rotatable bonds is 8. The molecule has 0 amide bonds. The average molecular weight is 313 g/mol. The minimum atomic E-state index is 0.331. The highest BCUT2D eigenvalue weighted by Gasteiger charge is 2.12. The number of ether oxygens (including phenoxy) is 2. The number of hydrogen-bond acceptors (Lipinski definition) is 3. The van der Waals surface area contributed by atoms with E-state index in [0.29, 0.717) is 25.7 Å². The molecule has 0 aromatic heterocycles. The molecule has 0 saturated heterocycles. The zero-order valence-corrected chi connectivity index (χ0v) is 14.3. The van der Waals surface area contributed by atoms with Gasteiger partial charge in [0, 0.05) is 0 Å². The minimum Gasteiger partial charge on any atom is -0.494 e. The highest BCUT2D eigenvalue weighted by atomic mass is 16.5. The zero-order chi connectivity index (χ0) is 16.7. The van der Waals surface area contributed by atoms with Gasteiger partial charge in [-0.15, -0.1) is 0 Å². The van der Waals surface area contributed by atoms with E-state index >= 15 is 0 Å². The fourth-order valence-corrected chi connectivity index (χ4v) is 2.72. The molecular formula is C20H27NO2. The van der Waals surface area contributed by atoms with Crippen molar-refractivity contribution in [3.8, 4) is 11.5 Å². The number of benzene rings is 2. The summed E-state index contributed by atoms with van der Waals surface area (Å²) < 4.78 is 11.3. The maximum Gasteiger partial charge on any atom is 0.119 e. The van der Waals surface area contributed by atoms with E-state index < -0.39 is 0 Å². The van der Waals surface area contributed by atoms with E-state index in [1.807, 2.05) is 31.2 Å². The van der Waals surface area contributed by atoms with Crippen LogP contribution in [-0.2, 0) is 0 Å². The number of nitrogens with two attached hydrogens (primary N) is 1. The molecule has 0 radical (unpaired) electrons. The van der Waals surface area contributed by atoms with E-state index in [0.717, 1.165) is 17.9 Å². The van der Waals surface area contributed by atoms with Crippen LogP contribution in [0.3, 0.4) is 0 Å². The van der Waals surface area contributed by atoms with Crippen molar-refractivity contribution in [1.82, 2.24) is 0 Å². The Balaban J connectivity index is 1.91. The predicted molar refractivity (Wildman–Crippen MR) is 95.4 cm³/mol. The molecule has 2 aromatic carbocycles. The van der Waals surface area contributed by atoms with Gasteiger partial charge in [0.05, 0.1) is 13.2 Å². The van der Waals surface area contributed by atoms with E-state index in [2.05, 4.69) is 32.0 Å². The largest absolute Gasteiger partial charge is 0.494 e. The minimum absolute atomic E-state index is 0.331. The van der Waals surface area contributed by atoms with Crippen LogP contribution in [0.4, 0.5) is 0 Å². The third-order valence-corrected chi connectivity index (χ3v) is 4.03.